The maximum absolute atomic E-state index is 4.19. The van der Waals surface area contributed by atoms with E-state index in [-0.39, 0.29) is 0 Å². The monoisotopic (exact) mass is 249 g/mol. The summed E-state index contributed by atoms with van der Waals surface area (Å²) in [6, 6.07) is 0. The molecule has 1 nitrogen and oxygen atoms in total. The largest absolute Gasteiger partial charge is 0.301 e. The van der Waals surface area contributed by atoms with Crippen molar-refractivity contribution in [2.75, 3.05) is 6.54 Å². The first-order valence-corrected chi connectivity index (χ1v) is 7.58. The average Bonchev–Trinajstić information content (AvgIpc) is 2.71. The van der Waals surface area contributed by atoms with Crippen LogP contribution >= 0.6 is 0 Å². The molecule has 2 bridgehead atoms. The molecule has 0 aromatic heterocycles. The summed E-state index contributed by atoms with van der Waals surface area (Å²) in [5.41, 5.74) is 0.876. The van der Waals surface area contributed by atoms with Crippen LogP contribution in [0.2, 0.25) is 0 Å². The first kappa shape index (κ1) is 14.1. The number of hydrogen-bond acceptors (Lipinski definition) is 1. The Morgan fingerprint density at radius 1 is 0.944 bits per heavy atom. The highest BCUT2D eigenvalue weighted by molar-refractivity contribution is 5.23. The standard InChI is InChI=1S/C17H31N/c1-16(2,3)14-11-8-12(10-18-7)13(9-11)15(14)17(4,5)6/h11-15H,7-10H2,1-6H3. The van der Waals surface area contributed by atoms with Gasteiger partial charge in [-0.05, 0) is 60.0 Å². The van der Waals surface area contributed by atoms with Gasteiger partial charge in [-0.3, -0.25) is 0 Å². The zero-order valence-electron chi connectivity index (χ0n) is 13.2. The van der Waals surface area contributed by atoms with Gasteiger partial charge in [-0.2, -0.15) is 0 Å². The van der Waals surface area contributed by atoms with E-state index in [1.165, 1.54) is 12.8 Å². The van der Waals surface area contributed by atoms with Crippen LogP contribution in [0.1, 0.15) is 54.4 Å². The van der Waals surface area contributed by atoms with Crippen molar-refractivity contribution in [3.8, 4) is 0 Å². The summed E-state index contributed by atoms with van der Waals surface area (Å²) in [6.07, 6.45) is 2.85. The van der Waals surface area contributed by atoms with Crippen LogP contribution in [0.15, 0.2) is 4.99 Å². The molecule has 0 heterocycles. The zero-order chi connectivity index (χ0) is 13.7. The molecule has 0 radical (unpaired) electrons. The molecule has 0 spiro atoms. The molecule has 2 fully saturated rings. The van der Waals surface area contributed by atoms with Crippen LogP contribution in [0.3, 0.4) is 0 Å². The van der Waals surface area contributed by atoms with Gasteiger partial charge in [0, 0.05) is 6.54 Å². The lowest BCUT2D eigenvalue weighted by atomic mass is 9.57. The maximum Gasteiger partial charge on any atom is 0.0413 e. The lowest BCUT2D eigenvalue weighted by molar-refractivity contribution is 0.00331. The molecule has 0 saturated heterocycles. The van der Waals surface area contributed by atoms with Gasteiger partial charge in [-0.1, -0.05) is 41.5 Å². The maximum atomic E-state index is 4.19. The van der Waals surface area contributed by atoms with Crippen LogP contribution in [-0.2, 0) is 0 Å². The third-order valence-electron chi connectivity index (χ3n) is 5.51. The summed E-state index contributed by atoms with van der Waals surface area (Å²) in [6.45, 7) is 19.4. The van der Waals surface area contributed by atoms with Crippen molar-refractivity contribution < 1.29 is 0 Å². The molecule has 5 atom stereocenters. The van der Waals surface area contributed by atoms with E-state index >= 15 is 0 Å². The minimum absolute atomic E-state index is 0.428. The Morgan fingerprint density at radius 2 is 1.50 bits per heavy atom. The van der Waals surface area contributed by atoms with Gasteiger partial charge in [-0.25, -0.2) is 0 Å². The SMILES string of the molecule is C=NCC1CC2CC1C(C(C)(C)C)C2C(C)(C)C. The van der Waals surface area contributed by atoms with Crippen molar-refractivity contribution in [1.29, 1.82) is 0 Å². The Kier molecular flexibility index (Phi) is 3.41. The van der Waals surface area contributed by atoms with Crippen molar-refractivity contribution in [1.82, 2.24) is 0 Å². The van der Waals surface area contributed by atoms with E-state index in [2.05, 4.69) is 53.3 Å². The minimum atomic E-state index is 0.428. The fraction of sp³-hybridized carbons (Fsp3) is 0.941. The Labute approximate surface area is 113 Å². The van der Waals surface area contributed by atoms with Crippen molar-refractivity contribution in [2.45, 2.75) is 54.4 Å². The van der Waals surface area contributed by atoms with Crippen molar-refractivity contribution in [2.24, 2.45) is 45.4 Å². The van der Waals surface area contributed by atoms with Crippen LogP contribution in [-0.4, -0.2) is 13.3 Å². The van der Waals surface area contributed by atoms with Gasteiger partial charge in [-0.15, -0.1) is 0 Å². The van der Waals surface area contributed by atoms with Crippen LogP contribution in [0.4, 0.5) is 0 Å². The molecule has 2 saturated carbocycles. The van der Waals surface area contributed by atoms with Gasteiger partial charge in [0.1, 0.15) is 0 Å². The Balaban J connectivity index is 2.28. The highest BCUT2D eigenvalue weighted by atomic mass is 14.7. The first-order chi connectivity index (χ1) is 8.16. The van der Waals surface area contributed by atoms with Crippen molar-refractivity contribution >= 4 is 6.72 Å². The molecule has 2 aliphatic rings. The molecule has 0 aromatic carbocycles. The number of hydrogen-bond donors (Lipinski definition) is 0. The predicted molar refractivity (Wildman–Crippen MR) is 80.0 cm³/mol. The van der Waals surface area contributed by atoms with E-state index in [0.29, 0.717) is 10.8 Å². The number of fused-ring (bicyclic) bond motifs is 2. The second-order valence-corrected chi connectivity index (χ2v) is 8.85. The molecule has 0 aromatic rings. The molecular weight excluding hydrogens is 218 g/mol. The zero-order valence-corrected chi connectivity index (χ0v) is 13.2. The van der Waals surface area contributed by atoms with E-state index < -0.39 is 0 Å². The molecule has 0 amide bonds. The van der Waals surface area contributed by atoms with Crippen LogP contribution in [0.5, 0.6) is 0 Å². The van der Waals surface area contributed by atoms with Gasteiger partial charge in [0.2, 0.25) is 0 Å². The number of rotatable bonds is 2. The smallest absolute Gasteiger partial charge is 0.0413 e. The van der Waals surface area contributed by atoms with Crippen molar-refractivity contribution in [3.63, 3.8) is 0 Å². The summed E-state index contributed by atoms with van der Waals surface area (Å²) in [7, 11) is 0. The highest BCUT2D eigenvalue weighted by Gasteiger charge is 2.58. The van der Waals surface area contributed by atoms with Crippen molar-refractivity contribution in [3.05, 3.63) is 0 Å². The molecule has 2 aliphatic carbocycles. The van der Waals surface area contributed by atoms with E-state index in [4.69, 9.17) is 0 Å². The quantitative estimate of drug-likeness (QED) is 0.631. The van der Waals surface area contributed by atoms with Gasteiger partial charge in [0.15, 0.2) is 0 Å². The molecule has 18 heavy (non-hydrogen) atoms. The molecule has 2 rings (SSSR count). The lowest BCUT2D eigenvalue weighted by Crippen LogP contribution is -2.43. The van der Waals surface area contributed by atoms with Crippen LogP contribution in [0, 0.1) is 40.4 Å². The number of aliphatic imine (C=N–C) groups is 1. The third kappa shape index (κ3) is 2.26. The Morgan fingerprint density at radius 3 is 1.94 bits per heavy atom. The highest BCUT2D eigenvalue weighted by Crippen LogP contribution is 2.64. The Bertz CT molecular complexity index is 317. The van der Waals surface area contributed by atoms with Crippen LogP contribution < -0.4 is 0 Å². The fourth-order valence-corrected chi connectivity index (χ4v) is 5.30. The van der Waals surface area contributed by atoms with Gasteiger partial charge in [0.25, 0.3) is 0 Å². The van der Waals surface area contributed by atoms with Gasteiger partial charge in [0.05, 0.1) is 0 Å². The molecule has 5 unspecified atom stereocenters. The summed E-state index contributed by atoms with van der Waals surface area (Å²) in [5, 5.41) is 0. The van der Waals surface area contributed by atoms with Gasteiger partial charge < -0.3 is 4.99 Å². The normalized spacial score (nSPS) is 40.2. The Hall–Kier alpha value is -0.330. The average molecular weight is 249 g/mol. The first-order valence-electron chi connectivity index (χ1n) is 7.58. The fourth-order valence-electron chi connectivity index (χ4n) is 5.30. The predicted octanol–water partition coefficient (Wildman–Crippen LogP) is 4.67. The lowest BCUT2D eigenvalue weighted by Gasteiger charge is -2.48. The third-order valence-corrected chi connectivity index (χ3v) is 5.51. The summed E-state index contributed by atoms with van der Waals surface area (Å²) in [4.78, 5) is 4.19. The minimum Gasteiger partial charge on any atom is -0.301 e. The number of nitrogens with zero attached hydrogens (tertiary/aromatic N) is 1. The summed E-state index contributed by atoms with van der Waals surface area (Å²) >= 11 is 0. The van der Waals surface area contributed by atoms with Crippen LogP contribution in [0.25, 0.3) is 0 Å². The summed E-state index contributed by atoms with van der Waals surface area (Å²) < 4.78 is 0. The second kappa shape index (κ2) is 4.35. The van der Waals surface area contributed by atoms with E-state index in [9.17, 15) is 0 Å². The molecular formula is C17H31N. The van der Waals surface area contributed by atoms with E-state index in [0.717, 1.165) is 36.1 Å². The van der Waals surface area contributed by atoms with E-state index in [1.54, 1.807) is 0 Å². The summed E-state index contributed by atoms with van der Waals surface area (Å²) in [5.74, 6) is 4.40. The van der Waals surface area contributed by atoms with E-state index in [1.807, 2.05) is 0 Å². The topological polar surface area (TPSA) is 12.4 Å². The molecule has 0 N–H and O–H groups in total. The molecule has 0 aliphatic heterocycles. The molecule has 1 heteroatoms. The second-order valence-electron chi connectivity index (χ2n) is 8.85. The van der Waals surface area contributed by atoms with Gasteiger partial charge >= 0.3 is 0 Å². The molecule has 104 valence electrons.